The van der Waals surface area contributed by atoms with Gasteiger partial charge in [-0.05, 0) is 12.1 Å². The zero-order valence-corrected chi connectivity index (χ0v) is 8.23. The predicted octanol–water partition coefficient (Wildman–Crippen LogP) is 0.830. The quantitative estimate of drug-likeness (QED) is 0.664. The first kappa shape index (κ1) is 8.90. The summed E-state index contributed by atoms with van der Waals surface area (Å²) >= 11 is 0. The van der Waals surface area contributed by atoms with E-state index in [4.69, 9.17) is 4.42 Å². The van der Waals surface area contributed by atoms with Crippen LogP contribution in [0.5, 0.6) is 0 Å². The van der Waals surface area contributed by atoms with Crippen molar-refractivity contribution in [3.63, 3.8) is 0 Å². The van der Waals surface area contributed by atoms with Crippen molar-refractivity contribution in [1.82, 2.24) is 20.4 Å². The predicted molar refractivity (Wildman–Crippen MR) is 56.0 cm³/mol. The second-order valence-electron chi connectivity index (χ2n) is 3.41. The van der Waals surface area contributed by atoms with Crippen LogP contribution in [0.3, 0.4) is 0 Å². The second-order valence-corrected chi connectivity index (χ2v) is 3.41. The van der Waals surface area contributed by atoms with E-state index in [2.05, 4.69) is 20.4 Å². The van der Waals surface area contributed by atoms with E-state index >= 15 is 0 Å². The molecule has 0 amide bonds. The van der Waals surface area contributed by atoms with Crippen molar-refractivity contribution >= 4 is 10.9 Å². The molecule has 0 radical (unpaired) electrons. The van der Waals surface area contributed by atoms with Gasteiger partial charge in [0.2, 0.25) is 0 Å². The Morgan fingerprint density at radius 3 is 3.12 bits per heavy atom. The van der Waals surface area contributed by atoms with Gasteiger partial charge >= 0.3 is 0 Å². The molecule has 0 unspecified atom stereocenters. The molecule has 0 aliphatic carbocycles. The van der Waals surface area contributed by atoms with E-state index in [0.717, 1.165) is 5.76 Å². The molecule has 2 N–H and O–H groups in total. The molecular weight excluding hydrogens is 208 g/mol. The summed E-state index contributed by atoms with van der Waals surface area (Å²) in [5.74, 6) is 0.787. The standard InChI is InChI=1S/C10H8N4O2/c15-10-7-5-11-13-9(7)8(12-14-10)4-6-2-1-3-16-6/h1-3,5H,4H2,(H,11,13)(H,14,15). The van der Waals surface area contributed by atoms with Crippen LogP contribution >= 0.6 is 0 Å². The lowest BCUT2D eigenvalue weighted by Crippen LogP contribution is -2.10. The third kappa shape index (κ3) is 1.31. The van der Waals surface area contributed by atoms with Gasteiger partial charge in [-0.2, -0.15) is 10.2 Å². The zero-order chi connectivity index (χ0) is 11.0. The minimum atomic E-state index is -0.244. The van der Waals surface area contributed by atoms with Gasteiger partial charge in [-0.25, -0.2) is 5.10 Å². The number of hydrogen-bond acceptors (Lipinski definition) is 4. The molecule has 0 fully saturated rings. The van der Waals surface area contributed by atoms with Crippen LogP contribution in [0, 0.1) is 0 Å². The highest BCUT2D eigenvalue weighted by Crippen LogP contribution is 2.13. The van der Waals surface area contributed by atoms with Crippen molar-refractivity contribution in [3.05, 3.63) is 46.4 Å². The van der Waals surface area contributed by atoms with Crippen molar-refractivity contribution in [1.29, 1.82) is 0 Å². The van der Waals surface area contributed by atoms with Crippen molar-refractivity contribution in [2.75, 3.05) is 0 Å². The smallest absolute Gasteiger partial charge is 0.275 e. The van der Waals surface area contributed by atoms with Crippen LogP contribution in [0.15, 0.2) is 33.8 Å². The van der Waals surface area contributed by atoms with Gasteiger partial charge in [0.25, 0.3) is 5.56 Å². The highest BCUT2D eigenvalue weighted by atomic mass is 16.3. The van der Waals surface area contributed by atoms with Crippen LogP contribution in [-0.2, 0) is 6.42 Å². The molecule has 6 nitrogen and oxygen atoms in total. The number of fused-ring (bicyclic) bond motifs is 1. The summed E-state index contributed by atoms with van der Waals surface area (Å²) < 4.78 is 5.23. The molecule has 0 aliphatic heterocycles. The summed E-state index contributed by atoms with van der Waals surface area (Å²) in [6.07, 6.45) is 3.61. The van der Waals surface area contributed by atoms with E-state index in [1.54, 1.807) is 6.26 Å². The van der Waals surface area contributed by atoms with Crippen LogP contribution in [0.25, 0.3) is 10.9 Å². The Morgan fingerprint density at radius 2 is 2.31 bits per heavy atom. The van der Waals surface area contributed by atoms with Crippen LogP contribution in [0.2, 0.25) is 0 Å². The highest BCUT2D eigenvalue weighted by molar-refractivity contribution is 5.78. The van der Waals surface area contributed by atoms with Gasteiger partial charge in [0, 0.05) is 0 Å². The number of aromatic nitrogens is 4. The molecule has 3 aromatic heterocycles. The van der Waals surface area contributed by atoms with Crippen LogP contribution < -0.4 is 5.56 Å². The molecule has 3 heterocycles. The summed E-state index contributed by atoms with van der Waals surface area (Å²) in [6.45, 7) is 0. The lowest BCUT2D eigenvalue weighted by molar-refractivity contribution is 0.518. The first-order chi connectivity index (χ1) is 7.84. The Balaban J connectivity index is 2.14. The van der Waals surface area contributed by atoms with E-state index in [1.807, 2.05) is 12.1 Å². The first-order valence-electron chi connectivity index (χ1n) is 4.77. The molecule has 0 aliphatic rings. The minimum Gasteiger partial charge on any atom is -0.469 e. The fourth-order valence-corrected chi connectivity index (χ4v) is 1.62. The molecule has 3 aromatic rings. The molecular formula is C10H8N4O2. The maximum atomic E-state index is 11.4. The van der Waals surface area contributed by atoms with Gasteiger partial charge in [0.15, 0.2) is 0 Å². The topological polar surface area (TPSA) is 87.6 Å². The summed E-state index contributed by atoms with van der Waals surface area (Å²) in [5.41, 5.74) is 1.12. The van der Waals surface area contributed by atoms with E-state index in [0.29, 0.717) is 23.0 Å². The largest absolute Gasteiger partial charge is 0.469 e. The van der Waals surface area contributed by atoms with Crippen molar-refractivity contribution in [2.45, 2.75) is 6.42 Å². The minimum absolute atomic E-state index is 0.244. The average Bonchev–Trinajstić information content (AvgIpc) is 2.92. The third-order valence-electron chi connectivity index (χ3n) is 2.39. The fourth-order valence-electron chi connectivity index (χ4n) is 1.62. The molecule has 0 saturated heterocycles. The SMILES string of the molecule is O=c1[nH]nc(Cc2ccco2)c2[nH]ncc12. The Kier molecular flexibility index (Phi) is 1.86. The number of hydrogen-bond donors (Lipinski definition) is 2. The summed E-state index contributed by atoms with van der Waals surface area (Å²) in [4.78, 5) is 11.4. The lowest BCUT2D eigenvalue weighted by Gasteiger charge is -1.98. The molecule has 80 valence electrons. The maximum absolute atomic E-state index is 11.4. The fraction of sp³-hybridized carbons (Fsp3) is 0.100. The number of nitrogens with one attached hydrogen (secondary N) is 2. The Labute approximate surface area is 89.3 Å². The van der Waals surface area contributed by atoms with E-state index in [-0.39, 0.29) is 5.56 Å². The summed E-state index contributed by atoms with van der Waals surface area (Å²) in [6, 6.07) is 3.67. The number of nitrogens with zero attached hydrogens (tertiary/aromatic N) is 2. The second kappa shape index (κ2) is 3.34. The van der Waals surface area contributed by atoms with Crippen molar-refractivity contribution in [2.24, 2.45) is 0 Å². The maximum Gasteiger partial charge on any atom is 0.275 e. The number of aromatic amines is 2. The average molecular weight is 216 g/mol. The van der Waals surface area contributed by atoms with Gasteiger partial charge < -0.3 is 4.42 Å². The number of H-pyrrole nitrogens is 2. The Hall–Kier alpha value is -2.37. The van der Waals surface area contributed by atoms with Crippen molar-refractivity contribution < 1.29 is 4.42 Å². The van der Waals surface area contributed by atoms with Gasteiger partial charge in [0.1, 0.15) is 5.76 Å². The van der Waals surface area contributed by atoms with E-state index in [1.165, 1.54) is 6.20 Å². The van der Waals surface area contributed by atoms with Crippen molar-refractivity contribution in [3.8, 4) is 0 Å². The van der Waals surface area contributed by atoms with Crippen LogP contribution in [0.4, 0.5) is 0 Å². The molecule has 16 heavy (non-hydrogen) atoms. The van der Waals surface area contributed by atoms with Crippen LogP contribution in [-0.4, -0.2) is 20.4 Å². The number of rotatable bonds is 2. The lowest BCUT2D eigenvalue weighted by atomic mass is 10.2. The van der Waals surface area contributed by atoms with E-state index in [9.17, 15) is 4.79 Å². The van der Waals surface area contributed by atoms with Crippen LogP contribution in [0.1, 0.15) is 11.5 Å². The van der Waals surface area contributed by atoms with E-state index < -0.39 is 0 Å². The molecule has 6 heteroatoms. The normalized spacial score (nSPS) is 11.0. The highest BCUT2D eigenvalue weighted by Gasteiger charge is 2.09. The molecule has 0 saturated carbocycles. The van der Waals surface area contributed by atoms with Gasteiger partial charge in [-0.3, -0.25) is 9.89 Å². The zero-order valence-electron chi connectivity index (χ0n) is 8.23. The number of furan rings is 1. The van der Waals surface area contributed by atoms with Gasteiger partial charge in [-0.1, -0.05) is 0 Å². The molecule has 0 spiro atoms. The van der Waals surface area contributed by atoms with Gasteiger partial charge in [-0.15, -0.1) is 0 Å². The first-order valence-corrected chi connectivity index (χ1v) is 4.77. The molecule has 3 rings (SSSR count). The molecule has 0 aromatic carbocycles. The summed E-state index contributed by atoms with van der Waals surface area (Å²) in [5, 5.41) is 13.5. The molecule has 0 atom stereocenters. The Bertz CT molecular complexity index is 666. The molecule has 0 bridgehead atoms. The third-order valence-corrected chi connectivity index (χ3v) is 2.39. The van der Waals surface area contributed by atoms with Gasteiger partial charge in [0.05, 0.1) is 35.5 Å². The Morgan fingerprint density at radius 1 is 1.38 bits per heavy atom. The summed E-state index contributed by atoms with van der Waals surface area (Å²) in [7, 11) is 0. The monoisotopic (exact) mass is 216 g/mol.